The maximum absolute atomic E-state index is 13.2. The molecule has 1 saturated carbocycles. The molecule has 3 amide bonds. The third-order valence-electron chi connectivity index (χ3n) is 6.66. The van der Waals surface area contributed by atoms with Gasteiger partial charge in [-0.25, -0.2) is 4.98 Å². The Morgan fingerprint density at radius 3 is 2.75 bits per heavy atom. The van der Waals surface area contributed by atoms with Crippen LogP contribution in [0.1, 0.15) is 52.2 Å². The van der Waals surface area contributed by atoms with Gasteiger partial charge in [-0.3, -0.25) is 24.3 Å². The minimum Gasteiger partial charge on any atom is -0.466 e. The Kier molecular flexibility index (Phi) is 9.07. The van der Waals surface area contributed by atoms with Crippen LogP contribution in [0.5, 0.6) is 5.88 Å². The molecule has 14 heteroatoms. The van der Waals surface area contributed by atoms with Gasteiger partial charge in [0.1, 0.15) is 11.7 Å². The molecule has 10 nitrogen and oxygen atoms in total. The van der Waals surface area contributed by atoms with Gasteiger partial charge in [0.15, 0.2) is 6.61 Å². The smallest absolute Gasteiger partial charge is 0.417 e. The quantitative estimate of drug-likeness (QED) is 0.390. The summed E-state index contributed by atoms with van der Waals surface area (Å²) in [4.78, 5) is 48.3. The molecular formula is C26H29F3N6O4S. The lowest BCUT2D eigenvalue weighted by atomic mass is 9.97. The molecule has 4 rings (SSSR count). The van der Waals surface area contributed by atoms with Crippen LogP contribution in [0.3, 0.4) is 0 Å². The molecule has 1 atom stereocenters. The molecule has 2 aromatic heterocycles. The highest BCUT2D eigenvalue weighted by Gasteiger charge is 2.35. The number of pyridine rings is 1. The third kappa shape index (κ3) is 6.97. The minimum atomic E-state index is -4.65. The van der Waals surface area contributed by atoms with Crippen molar-refractivity contribution in [3.8, 4) is 5.88 Å². The van der Waals surface area contributed by atoms with Gasteiger partial charge >= 0.3 is 6.18 Å². The number of nitrogens with one attached hydrogen (secondary N) is 2. The maximum atomic E-state index is 13.2. The van der Waals surface area contributed by atoms with E-state index in [4.69, 9.17) is 10.5 Å². The first kappa shape index (κ1) is 29.1. The molecule has 0 spiro atoms. The number of amides is 3. The summed E-state index contributed by atoms with van der Waals surface area (Å²) in [6, 6.07) is 3.16. The largest absolute Gasteiger partial charge is 0.466 e. The monoisotopic (exact) mass is 578 g/mol. The van der Waals surface area contributed by atoms with E-state index in [1.807, 2.05) is 0 Å². The molecule has 0 aromatic carbocycles. The molecule has 0 radical (unpaired) electrons. The van der Waals surface area contributed by atoms with Gasteiger partial charge in [-0.2, -0.15) is 13.2 Å². The second-order valence-electron chi connectivity index (χ2n) is 9.49. The lowest BCUT2D eigenvalue weighted by molar-refractivity contribution is -0.138. The Labute approximate surface area is 232 Å². The Morgan fingerprint density at radius 1 is 1.32 bits per heavy atom. The van der Waals surface area contributed by atoms with Crippen LogP contribution in [0.25, 0.3) is 0 Å². The Morgan fingerprint density at radius 2 is 2.08 bits per heavy atom. The van der Waals surface area contributed by atoms with Gasteiger partial charge in [0.25, 0.3) is 11.8 Å². The molecular weight excluding hydrogens is 549 g/mol. The first-order valence-corrected chi connectivity index (χ1v) is 13.5. The number of halogens is 3. The molecule has 214 valence electrons. The topological polar surface area (TPSA) is 139 Å². The second kappa shape index (κ2) is 12.5. The van der Waals surface area contributed by atoms with E-state index < -0.39 is 35.5 Å². The number of aromatic nitrogens is 1. The van der Waals surface area contributed by atoms with Gasteiger partial charge in [-0.1, -0.05) is 25.7 Å². The second-order valence-corrected chi connectivity index (χ2v) is 10.7. The number of nitrogens with two attached hydrogens (primary N) is 1. The number of fused-ring (bicyclic) bond motifs is 1. The maximum Gasteiger partial charge on any atom is 0.417 e. The number of ether oxygens (including phenoxy) is 1. The van der Waals surface area contributed by atoms with Crippen molar-refractivity contribution in [3.63, 3.8) is 0 Å². The summed E-state index contributed by atoms with van der Waals surface area (Å²) in [6.07, 6.45) is 3.16. The van der Waals surface area contributed by atoms with E-state index in [-0.39, 0.29) is 29.6 Å². The van der Waals surface area contributed by atoms with Gasteiger partial charge in [0.05, 0.1) is 22.7 Å². The van der Waals surface area contributed by atoms with E-state index in [1.54, 1.807) is 12.1 Å². The molecule has 2 aliphatic rings. The van der Waals surface area contributed by atoms with Crippen LogP contribution in [0.15, 0.2) is 41.3 Å². The van der Waals surface area contributed by atoms with Crippen molar-refractivity contribution in [2.24, 2.45) is 16.6 Å². The van der Waals surface area contributed by atoms with Crippen LogP contribution in [0, 0.1) is 5.92 Å². The average molecular weight is 579 g/mol. The fourth-order valence-electron chi connectivity index (χ4n) is 4.68. The molecule has 1 fully saturated rings. The SMILES string of the molecule is CN=C/C(=C\N)NC(=O)C(CC1CCCC1)NC(=O)c1ccc(CN2C(=O)COc3ncc(C(F)(F)F)cc32)s1. The average Bonchev–Trinajstić information content (AvgIpc) is 3.61. The van der Waals surface area contributed by atoms with Gasteiger partial charge in [-0.15, -0.1) is 11.3 Å². The zero-order chi connectivity index (χ0) is 28.9. The van der Waals surface area contributed by atoms with Crippen LogP contribution < -0.4 is 26.0 Å². The molecule has 1 aliphatic heterocycles. The summed E-state index contributed by atoms with van der Waals surface area (Å²) in [5, 5.41) is 5.49. The first-order valence-electron chi connectivity index (χ1n) is 12.6. The standard InChI is InChI=1S/C26H29F3N6O4S/c1-31-12-17(10-30)33-23(37)19(8-15-4-2-3-5-15)34-24(38)21-7-6-18(40-21)13-35-20-9-16(26(27,28)29)11-32-25(20)39-14-22(35)36/h6-7,9-12,15,19H,2-5,8,13-14,30H2,1H3,(H,33,37)(H,34,38)/b17-10+,31-12?. The zero-order valence-corrected chi connectivity index (χ0v) is 22.5. The summed E-state index contributed by atoms with van der Waals surface area (Å²) in [5.74, 6) is -1.23. The number of rotatable bonds is 9. The van der Waals surface area contributed by atoms with Gasteiger partial charge in [0.2, 0.25) is 11.8 Å². The summed E-state index contributed by atoms with van der Waals surface area (Å²) in [6.45, 7) is -0.451. The van der Waals surface area contributed by atoms with E-state index >= 15 is 0 Å². The molecule has 1 aliphatic carbocycles. The number of thiophene rings is 1. The molecule has 1 unspecified atom stereocenters. The highest BCUT2D eigenvalue weighted by atomic mass is 32.1. The van der Waals surface area contributed by atoms with Crippen LogP contribution >= 0.6 is 11.3 Å². The number of alkyl halides is 3. The van der Waals surface area contributed by atoms with Gasteiger partial charge in [0, 0.05) is 30.5 Å². The number of anilines is 1. The fraction of sp³-hybridized carbons (Fsp3) is 0.423. The van der Waals surface area contributed by atoms with E-state index in [0.717, 1.165) is 48.0 Å². The molecule has 2 aromatic rings. The van der Waals surface area contributed by atoms with Crippen LogP contribution in [-0.4, -0.2) is 48.6 Å². The molecule has 4 N–H and O–H groups in total. The normalized spacial score (nSPS) is 17.1. The van der Waals surface area contributed by atoms with Crippen LogP contribution in [0.2, 0.25) is 0 Å². The van der Waals surface area contributed by atoms with Crippen LogP contribution in [0.4, 0.5) is 18.9 Å². The van der Waals surface area contributed by atoms with E-state index in [0.29, 0.717) is 29.1 Å². The fourth-order valence-corrected chi connectivity index (χ4v) is 5.58. The molecule has 0 bridgehead atoms. The zero-order valence-electron chi connectivity index (χ0n) is 21.7. The number of carbonyl (C=O) groups excluding carboxylic acids is 3. The molecule has 0 saturated heterocycles. The summed E-state index contributed by atoms with van der Waals surface area (Å²) in [5.41, 5.74) is 4.76. The van der Waals surface area contributed by atoms with Crippen molar-refractivity contribution >= 4 is 41.0 Å². The van der Waals surface area contributed by atoms with E-state index in [2.05, 4.69) is 20.6 Å². The number of aliphatic imine (C=N–C) groups is 1. The Hall–Kier alpha value is -3.94. The minimum absolute atomic E-state index is 0.0802. The predicted octanol–water partition coefficient (Wildman–Crippen LogP) is 3.38. The summed E-state index contributed by atoms with van der Waals surface area (Å²) in [7, 11) is 1.54. The van der Waals surface area contributed by atoms with Gasteiger partial charge in [-0.05, 0) is 30.5 Å². The number of nitrogens with zero attached hydrogens (tertiary/aromatic N) is 3. The number of allylic oxidation sites excluding steroid dienone is 1. The van der Waals surface area contributed by atoms with Crippen molar-refractivity contribution in [1.29, 1.82) is 0 Å². The lowest BCUT2D eigenvalue weighted by Gasteiger charge is -2.28. The Balaban J connectivity index is 1.49. The predicted molar refractivity (Wildman–Crippen MR) is 143 cm³/mol. The summed E-state index contributed by atoms with van der Waals surface area (Å²) >= 11 is 1.07. The van der Waals surface area contributed by atoms with E-state index in [1.165, 1.54) is 19.5 Å². The van der Waals surface area contributed by atoms with Crippen molar-refractivity contribution in [2.75, 3.05) is 18.6 Å². The summed E-state index contributed by atoms with van der Waals surface area (Å²) < 4.78 is 44.9. The number of hydrogen-bond donors (Lipinski definition) is 3. The Bertz CT molecular complexity index is 1320. The van der Waals surface area contributed by atoms with Crippen molar-refractivity contribution < 1.29 is 32.3 Å². The van der Waals surface area contributed by atoms with Crippen molar-refractivity contribution in [1.82, 2.24) is 15.6 Å². The lowest BCUT2D eigenvalue weighted by Crippen LogP contribution is -2.47. The van der Waals surface area contributed by atoms with Crippen molar-refractivity contribution in [3.05, 3.63) is 51.6 Å². The van der Waals surface area contributed by atoms with Crippen LogP contribution in [-0.2, 0) is 22.3 Å². The van der Waals surface area contributed by atoms with Gasteiger partial charge < -0.3 is 21.1 Å². The molecule has 40 heavy (non-hydrogen) atoms. The first-order chi connectivity index (χ1) is 19.1. The highest BCUT2D eigenvalue weighted by Crippen LogP contribution is 2.38. The number of carbonyl (C=O) groups is 3. The highest BCUT2D eigenvalue weighted by molar-refractivity contribution is 7.14. The van der Waals surface area contributed by atoms with E-state index in [9.17, 15) is 27.6 Å². The third-order valence-corrected chi connectivity index (χ3v) is 7.73. The molecule has 3 heterocycles. The number of hydrogen-bond acceptors (Lipinski definition) is 8. The van der Waals surface area contributed by atoms with Crippen molar-refractivity contribution in [2.45, 2.75) is 50.9 Å².